The number of hydrogen-bond donors (Lipinski definition) is 1. The molecular weight excluding hydrogens is 408 g/mol. The lowest BCUT2D eigenvalue weighted by molar-refractivity contribution is 0.274. The molecule has 33 heavy (non-hydrogen) atoms. The van der Waals surface area contributed by atoms with Crippen molar-refractivity contribution in [2.24, 2.45) is 10.4 Å². The molecule has 0 aromatic heterocycles. The van der Waals surface area contributed by atoms with E-state index >= 15 is 0 Å². The van der Waals surface area contributed by atoms with Crippen molar-refractivity contribution >= 4 is 13.7 Å². The van der Waals surface area contributed by atoms with Gasteiger partial charge in [0.05, 0.1) is 23.1 Å². The topological polar surface area (TPSA) is 48.2 Å². The van der Waals surface area contributed by atoms with E-state index < -0.39 is 11.0 Å². The maximum atomic E-state index is 14.7. The van der Waals surface area contributed by atoms with Crippen molar-refractivity contribution in [3.63, 3.8) is 0 Å². The molecule has 1 aromatic carbocycles. The fourth-order valence-electron chi connectivity index (χ4n) is 3.73. The van der Waals surface area contributed by atoms with Crippen LogP contribution in [0.15, 0.2) is 76.5 Å². The van der Waals surface area contributed by atoms with Crippen LogP contribution in [0.4, 0.5) is 4.39 Å². The smallest absolute Gasteiger partial charge is 0.132 e. The van der Waals surface area contributed by atoms with Crippen LogP contribution in [0.3, 0.4) is 0 Å². The molecule has 1 aliphatic carbocycles. The van der Waals surface area contributed by atoms with Crippen LogP contribution in [-0.4, -0.2) is 13.7 Å². The Morgan fingerprint density at radius 3 is 2.42 bits per heavy atom. The second-order valence-electron chi connectivity index (χ2n) is 9.35. The quantitative estimate of drug-likeness (QED) is 0.191. The molecule has 2 radical (unpaired) electrons. The summed E-state index contributed by atoms with van der Waals surface area (Å²) in [5.74, 6) is 0.655. The first kappa shape index (κ1) is 26.4. The molecule has 3 nitrogen and oxygen atoms in total. The molecule has 1 aliphatic rings. The van der Waals surface area contributed by atoms with Gasteiger partial charge in [0.2, 0.25) is 0 Å². The molecule has 0 heterocycles. The number of nitriles is 1. The van der Waals surface area contributed by atoms with Gasteiger partial charge in [-0.3, -0.25) is 4.99 Å². The van der Waals surface area contributed by atoms with Crippen LogP contribution in [0, 0.1) is 16.7 Å². The van der Waals surface area contributed by atoms with Gasteiger partial charge in [-0.2, -0.15) is 5.26 Å². The summed E-state index contributed by atoms with van der Waals surface area (Å²) >= 11 is 0. The Kier molecular flexibility index (Phi) is 8.30. The van der Waals surface area contributed by atoms with Gasteiger partial charge in [-0.15, -0.1) is 0 Å². The van der Waals surface area contributed by atoms with Crippen molar-refractivity contribution in [1.29, 1.82) is 5.26 Å². The SMILES string of the molecule is [B]C(F)(CC)c1cccc([C@@H](C)N=C(NC(=C)C)C(/C=C(\C(=C)C)C2(C#N)CC2)=C(C)C)c1. The van der Waals surface area contributed by atoms with E-state index in [4.69, 9.17) is 12.8 Å². The highest BCUT2D eigenvalue weighted by molar-refractivity contribution is 6.14. The lowest BCUT2D eigenvalue weighted by Gasteiger charge is -2.22. The van der Waals surface area contributed by atoms with Crippen LogP contribution in [0.2, 0.25) is 0 Å². The predicted octanol–water partition coefficient (Wildman–Crippen LogP) is 7.11. The van der Waals surface area contributed by atoms with E-state index in [0.29, 0.717) is 11.4 Å². The Morgan fingerprint density at radius 1 is 1.33 bits per heavy atom. The summed E-state index contributed by atoms with van der Waals surface area (Å²) in [6.45, 7) is 19.6. The average Bonchev–Trinajstić information content (AvgIpc) is 3.54. The summed E-state index contributed by atoms with van der Waals surface area (Å²) in [4.78, 5) is 4.96. The lowest BCUT2D eigenvalue weighted by atomic mass is 9.75. The highest BCUT2D eigenvalue weighted by Gasteiger charge is 2.47. The maximum Gasteiger partial charge on any atom is 0.132 e. The van der Waals surface area contributed by atoms with Crippen molar-refractivity contribution in [1.82, 2.24) is 5.32 Å². The lowest BCUT2D eigenvalue weighted by Crippen LogP contribution is -2.25. The highest BCUT2D eigenvalue weighted by Crippen LogP contribution is 2.53. The van der Waals surface area contributed by atoms with E-state index in [1.807, 2.05) is 52.8 Å². The summed E-state index contributed by atoms with van der Waals surface area (Å²) in [6.07, 6.45) is 3.90. The fourth-order valence-corrected chi connectivity index (χ4v) is 3.73. The van der Waals surface area contributed by atoms with E-state index in [-0.39, 0.29) is 12.5 Å². The summed E-state index contributed by atoms with van der Waals surface area (Å²) in [5.41, 5.74) is 3.48. The fraction of sp³-hybridized carbons (Fsp3) is 0.429. The minimum Gasteiger partial charge on any atom is -0.344 e. The summed E-state index contributed by atoms with van der Waals surface area (Å²) in [7, 11) is 5.83. The Bertz CT molecular complexity index is 1060. The van der Waals surface area contributed by atoms with E-state index in [1.165, 1.54) is 0 Å². The molecule has 0 amide bonds. The summed E-state index contributed by atoms with van der Waals surface area (Å²) in [5, 5.41) is 13.1. The third-order valence-corrected chi connectivity index (χ3v) is 6.04. The van der Waals surface area contributed by atoms with Gasteiger partial charge >= 0.3 is 0 Å². The van der Waals surface area contributed by atoms with Crippen molar-refractivity contribution in [2.75, 3.05) is 0 Å². The zero-order valence-electron chi connectivity index (χ0n) is 20.8. The van der Waals surface area contributed by atoms with Gasteiger partial charge in [-0.1, -0.05) is 55.5 Å². The van der Waals surface area contributed by atoms with E-state index in [2.05, 4.69) is 24.5 Å². The van der Waals surface area contributed by atoms with E-state index in [0.717, 1.165) is 46.4 Å². The molecule has 172 valence electrons. The average molecular weight is 443 g/mol. The number of rotatable bonds is 9. The minimum atomic E-state index is -1.88. The van der Waals surface area contributed by atoms with Gasteiger partial charge in [0.15, 0.2) is 0 Å². The molecule has 2 atom stereocenters. The third-order valence-electron chi connectivity index (χ3n) is 6.04. The van der Waals surface area contributed by atoms with Gasteiger partial charge in [-0.25, -0.2) is 4.39 Å². The predicted molar refractivity (Wildman–Crippen MR) is 138 cm³/mol. The highest BCUT2D eigenvalue weighted by atomic mass is 19.1. The van der Waals surface area contributed by atoms with E-state index in [1.54, 1.807) is 19.1 Å². The first-order valence-electron chi connectivity index (χ1n) is 11.4. The Balaban J connectivity index is 2.58. The summed E-state index contributed by atoms with van der Waals surface area (Å²) < 4.78 is 14.7. The molecule has 1 fully saturated rings. The monoisotopic (exact) mass is 443 g/mol. The van der Waals surface area contributed by atoms with Gasteiger partial charge in [0.1, 0.15) is 13.7 Å². The van der Waals surface area contributed by atoms with Crippen LogP contribution in [0.1, 0.15) is 78.0 Å². The zero-order chi connectivity index (χ0) is 25.0. The zero-order valence-corrected chi connectivity index (χ0v) is 20.8. The number of nitrogens with zero attached hydrogens (tertiary/aromatic N) is 2. The first-order valence-corrected chi connectivity index (χ1v) is 11.4. The van der Waals surface area contributed by atoms with Gasteiger partial charge in [0, 0.05) is 11.3 Å². The first-order chi connectivity index (χ1) is 15.4. The van der Waals surface area contributed by atoms with Gasteiger partial charge in [0.25, 0.3) is 0 Å². The molecule has 0 aliphatic heterocycles. The van der Waals surface area contributed by atoms with Crippen LogP contribution < -0.4 is 5.32 Å². The van der Waals surface area contributed by atoms with Crippen molar-refractivity contribution in [3.8, 4) is 6.07 Å². The number of alkyl halides is 1. The standard InChI is InChI=1S/C28H35BFN3/c1-9-28(29,30)23-12-10-11-22(15-23)21(8)33-26(32-20(6)7)24(18(2)3)16-25(19(4)5)27(17-31)13-14-27/h10-12,15-16,21H,4,6,9,13-14H2,1-3,5,7-8H3,(H,32,33)/b25-16+/t21-,28?/m1/s1. The number of halogens is 1. The number of hydrogen-bond acceptors (Lipinski definition) is 2. The second kappa shape index (κ2) is 10.4. The molecule has 1 saturated carbocycles. The van der Waals surface area contributed by atoms with Crippen molar-refractivity contribution in [3.05, 3.63) is 82.6 Å². The van der Waals surface area contributed by atoms with Crippen LogP contribution >= 0.6 is 0 Å². The van der Waals surface area contributed by atoms with E-state index in [9.17, 15) is 9.65 Å². The van der Waals surface area contributed by atoms with Gasteiger partial charge < -0.3 is 5.32 Å². The van der Waals surface area contributed by atoms with Crippen LogP contribution in [0.25, 0.3) is 0 Å². The molecule has 1 N–H and O–H groups in total. The minimum absolute atomic E-state index is 0.188. The Morgan fingerprint density at radius 2 is 1.97 bits per heavy atom. The Labute approximate surface area is 200 Å². The summed E-state index contributed by atoms with van der Waals surface area (Å²) in [6, 6.07) is 9.43. The molecule has 0 saturated heterocycles. The molecule has 0 bridgehead atoms. The second-order valence-corrected chi connectivity index (χ2v) is 9.35. The normalized spacial score (nSPS) is 17.9. The number of allylic oxidation sites excluding steroid dienone is 4. The van der Waals surface area contributed by atoms with Crippen molar-refractivity contribution in [2.45, 2.75) is 72.4 Å². The maximum absolute atomic E-state index is 14.7. The number of aliphatic imine (C=N–C) groups is 1. The molecule has 0 spiro atoms. The van der Waals surface area contributed by atoms with Crippen molar-refractivity contribution < 1.29 is 4.39 Å². The molecule has 1 aromatic rings. The number of nitrogens with one attached hydrogen (secondary N) is 1. The number of benzene rings is 1. The molecule has 2 rings (SSSR count). The molecule has 1 unspecified atom stereocenters. The largest absolute Gasteiger partial charge is 0.344 e. The molecular formula is C28H35BFN3. The van der Waals surface area contributed by atoms with Crippen LogP contribution in [0.5, 0.6) is 0 Å². The van der Waals surface area contributed by atoms with Crippen LogP contribution in [-0.2, 0) is 5.57 Å². The van der Waals surface area contributed by atoms with Gasteiger partial charge in [-0.05, 0) is 76.7 Å². The third kappa shape index (κ3) is 6.35. The Hall–Kier alpha value is -2.87. The molecule has 5 heteroatoms. The number of amidine groups is 1.